The predicted octanol–water partition coefficient (Wildman–Crippen LogP) is 1.91. The SMILES string of the molecule is Cc1c(C(=O)CCl)cc(N)cc1[N+](=O)[O-]. The van der Waals surface area contributed by atoms with E-state index in [-0.39, 0.29) is 28.6 Å². The summed E-state index contributed by atoms with van der Waals surface area (Å²) in [7, 11) is 0. The van der Waals surface area contributed by atoms with Gasteiger partial charge < -0.3 is 5.73 Å². The van der Waals surface area contributed by atoms with Crippen molar-refractivity contribution in [2.75, 3.05) is 11.6 Å². The Hall–Kier alpha value is -1.62. The number of hydrogen-bond donors (Lipinski definition) is 1. The quantitative estimate of drug-likeness (QED) is 0.281. The molecule has 0 aliphatic heterocycles. The highest BCUT2D eigenvalue weighted by atomic mass is 35.5. The van der Waals surface area contributed by atoms with Gasteiger partial charge in [0.1, 0.15) is 0 Å². The number of carbonyl (C=O) groups is 1. The Morgan fingerprint density at radius 1 is 1.60 bits per heavy atom. The molecule has 1 aromatic rings. The predicted molar refractivity (Wildman–Crippen MR) is 57.3 cm³/mol. The van der Waals surface area contributed by atoms with Crippen LogP contribution in [-0.4, -0.2) is 16.6 Å². The fourth-order valence-corrected chi connectivity index (χ4v) is 1.42. The van der Waals surface area contributed by atoms with Gasteiger partial charge in [0.05, 0.1) is 10.8 Å². The number of nitrogens with two attached hydrogens (primary N) is 1. The Labute approximate surface area is 91.0 Å². The number of benzene rings is 1. The summed E-state index contributed by atoms with van der Waals surface area (Å²) < 4.78 is 0. The van der Waals surface area contributed by atoms with E-state index in [0.29, 0.717) is 5.56 Å². The first-order valence-corrected chi connectivity index (χ1v) is 4.64. The van der Waals surface area contributed by atoms with Gasteiger partial charge in [0.2, 0.25) is 0 Å². The Balaban J connectivity index is 3.41. The highest BCUT2D eigenvalue weighted by Gasteiger charge is 2.18. The van der Waals surface area contributed by atoms with E-state index in [1.54, 1.807) is 0 Å². The fourth-order valence-electron chi connectivity index (χ4n) is 1.27. The number of Topliss-reactive ketones (excluding diaryl/α,β-unsaturated/α-hetero) is 1. The Morgan fingerprint density at radius 2 is 2.20 bits per heavy atom. The molecule has 0 aliphatic rings. The minimum atomic E-state index is -0.573. The van der Waals surface area contributed by atoms with Gasteiger partial charge >= 0.3 is 0 Å². The molecule has 0 radical (unpaired) electrons. The molecule has 0 saturated heterocycles. The first-order valence-electron chi connectivity index (χ1n) is 4.11. The first-order chi connectivity index (χ1) is 6.97. The summed E-state index contributed by atoms with van der Waals surface area (Å²) in [5.74, 6) is -0.592. The third kappa shape index (κ3) is 2.24. The summed E-state index contributed by atoms with van der Waals surface area (Å²) >= 11 is 5.38. The van der Waals surface area contributed by atoms with Crippen LogP contribution in [0.1, 0.15) is 15.9 Å². The van der Waals surface area contributed by atoms with Crippen molar-refractivity contribution in [1.29, 1.82) is 0 Å². The number of nitro benzene ring substituents is 1. The van der Waals surface area contributed by atoms with Crippen LogP contribution in [0.25, 0.3) is 0 Å². The molecular weight excluding hydrogens is 220 g/mol. The Morgan fingerprint density at radius 3 is 2.67 bits per heavy atom. The van der Waals surface area contributed by atoms with E-state index in [1.165, 1.54) is 19.1 Å². The summed E-state index contributed by atoms with van der Waals surface area (Å²) in [6.45, 7) is 1.50. The molecule has 2 N–H and O–H groups in total. The summed E-state index contributed by atoms with van der Waals surface area (Å²) in [6.07, 6.45) is 0. The third-order valence-electron chi connectivity index (χ3n) is 2.02. The summed E-state index contributed by atoms with van der Waals surface area (Å²) in [5, 5.41) is 10.6. The van der Waals surface area contributed by atoms with E-state index >= 15 is 0 Å². The lowest BCUT2D eigenvalue weighted by Gasteiger charge is -2.05. The van der Waals surface area contributed by atoms with Crippen molar-refractivity contribution < 1.29 is 9.72 Å². The van der Waals surface area contributed by atoms with Crippen molar-refractivity contribution in [2.24, 2.45) is 0 Å². The molecule has 0 saturated carbocycles. The molecule has 0 atom stereocenters. The maximum atomic E-state index is 11.4. The number of hydrogen-bond acceptors (Lipinski definition) is 4. The first kappa shape index (κ1) is 11.5. The van der Waals surface area contributed by atoms with Crippen molar-refractivity contribution >= 4 is 28.8 Å². The van der Waals surface area contributed by atoms with E-state index in [4.69, 9.17) is 17.3 Å². The van der Waals surface area contributed by atoms with Crippen LogP contribution in [0.5, 0.6) is 0 Å². The van der Waals surface area contributed by atoms with Crippen LogP contribution in [-0.2, 0) is 0 Å². The number of nitrogen functional groups attached to an aromatic ring is 1. The number of halogens is 1. The molecule has 0 heterocycles. The summed E-state index contributed by atoms with van der Waals surface area (Å²) in [6, 6.07) is 2.62. The van der Waals surface area contributed by atoms with Crippen LogP contribution in [0, 0.1) is 17.0 Å². The maximum Gasteiger partial charge on any atom is 0.275 e. The number of anilines is 1. The number of nitro groups is 1. The second-order valence-electron chi connectivity index (χ2n) is 3.03. The van der Waals surface area contributed by atoms with E-state index in [2.05, 4.69) is 0 Å². The van der Waals surface area contributed by atoms with Gasteiger partial charge in [0.15, 0.2) is 5.78 Å². The molecule has 5 nitrogen and oxygen atoms in total. The lowest BCUT2D eigenvalue weighted by molar-refractivity contribution is -0.385. The number of ketones is 1. The van der Waals surface area contributed by atoms with Gasteiger partial charge in [-0.25, -0.2) is 0 Å². The molecule has 1 aromatic carbocycles. The monoisotopic (exact) mass is 228 g/mol. The molecule has 0 fully saturated rings. The second-order valence-corrected chi connectivity index (χ2v) is 3.29. The molecule has 0 spiro atoms. The van der Waals surface area contributed by atoms with E-state index in [9.17, 15) is 14.9 Å². The minimum absolute atomic E-state index is 0.163. The normalized spacial score (nSPS) is 10.0. The van der Waals surface area contributed by atoms with Gasteiger partial charge in [0.25, 0.3) is 5.69 Å². The zero-order chi connectivity index (χ0) is 11.6. The Kier molecular flexibility index (Phi) is 3.26. The number of nitrogens with zero attached hydrogens (tertiary/aromatic N) is 1. The summed E-state index contributed by atoms with van der Waals surface area (Å²) in [4.78, 5) is 21.4. The van der Waals surface area contributed by atoms with Crippen molar-refractivity contribution in [1.82, 2.24) is 0 Å². The van der Waals surface area contributed by atoms with Crippen LogP contribution in [0.3, 0.4) is 0 Å². The Bertz CT molecular complexity index is 432. The average Bonchev–Trinajstić information content (AvgIpc) is 2.19. The molecule has 6 heteroatoms. The average molecular weight is 229 g/mol. The van der Waals surface area contributed by atoms with Gasteiger partial charge in [-0.1, -0.05) is 0 Å². The van der Waals surface area contributed by atoms with Crippen LogP contribution >= 0.6 is 11.6 Å². The van der Waals surface area contributed by atoms with E-state index < -0.39 is 4.92 Å². The van der Waals surface area contributed by atoms with Crippen molar-refractivity contribution in [3.05, 3.63) is 33.4 Å². The minimum Gasteiger partial charge on any atom is -0.399 e. The lowest BCUT2D eigenvalue weighted by atomic mass is 10.0. The number of rotatable bonds is 3. The standard InChI is InChI=1S/C9H9ClN2O3/c1-5-7(9(13)4-10)2-6(11)3-8(5)12(14)15/h2-3H,4,11H2,1H3. The van der Waals surface area contributed by atoms with Crippen LogP contribution in [0.4, 0.5) is 11.4 Å². The van der Waals surface area contributed by atoms with E-state index in [0.717, 1.165) is 0 Å². The molecule has 0 unspecified atom stereocenters. The number of alkyl halides is 1. The fraction of sp³-hybridized carbons (Fsp3) is 0.222. The molecule has 0 aromatic heterocycles. The van der Waals surface area contributed by atoms with Gasteiger partial charge in [0, 0.05) is 22.9 Å². The van der Waals surface area contributed by atoms with Crippen molar-refractivity contribution in [3.63, 3.8) is 0 Å². The van der Waals surface area contributed by atoms with Crippen molar-refractivity contribution in [3.8, 4) is 0 Å². The molecular formula is C9H9ClN2O3. The lowest BCUT2D eigenvalue weighted by Crippen LogP contribution is -2.06. The molecule has 1 rings (SSSR count). The van der Waals surface area contributed by atoms with Gasteiger partial charge in [-0.05, 0) is 13.0 Å². The highest BCUT2D eigenvalue weighted by molar-refractivity contribution is 6.30. The van der Waals surface area contributed by atoms with Gasteiger partial charge in [-0.15, -0.1) is 11.6 Å². The zero-order valence-electron chi connectivity index (χ0n) is 7.99. The molecule has 0 amide bonds. The highest BCUT2D eigenvalue weighted by Crippen LogP contribution is 2.25. The second kappa shape index (κ2) is 4.27. The topological polar surface area (TPSA) is 86.2 Å². The maximum absolute atomic E-state index is 11.4. The summed E-state index contributed by atoms with van der Waals surface area (Å²) in [5.41, 5.74) is 5.97. The van der Waals surface area contributed by atoms with Gasteiger partial charge in [-0.3, -0.25) is 14.9 Å². The van der Waals surface area contributed by atoms with Gasteiger partial charge in [-0.2, -0.15) is 0 Å². The smallest absolute Gasteiger partial charge is 0.275 e. The largest absolute Gasteiger partial charge is 0.399 e. The number of carbonyl (C=O) groups excluding carboxylic acids is 1. The molecule has 0 bridgehead atoms. The molecule has 0 aliphatic carbocycles. The van der Waals surface area contributed by atoms with Crippen LogP contribution in [0.15, 0.2) is 12.1 Å². The van der Waals surface area contributed by atoms with Crippen LogP contribution < -0.4 is 5.73 Å². The molecule has 80 valence electrons. The van der Waals surface area contributed by atoms with Crippen molar-refractivity contribution in [2.45, 2.75) is 6.92 Å². The zero-order valence-corrected chi connectivity index (χ0v) is 8.75. The van der Waals surface area contributed by atoms with Crippen LogP contribution in [0.2, 0.25) is 0 Å². The third-order valence-corrected chi connectivity index (χ3v) is 2.26. The molecule has 15 heavy (non-hydrogen) atoms. The van der Waals surface area contributed by atoms with E-state index in [1.807, 2.05) is 0 Å².